The summed E-state index contributed by atoms with van der Waals surface area (Å²) in [6, 6.07) is 11.3. The Bertz CT molecular complexity index is 771. The SMILES string of the molecule is CCCCOC(=O)c1ccc(OC(=O)Nc2ccc([N+](=O)[O-])cc2)cc1. The largest absolute Gasteiger partial charge is 0.462 e. The molecule has 0 fully saturated rings. The van der Waals surface area contributed by atoms with Crippen molar-refractivity contribution >= 4 is 23.4 Å². The second-order valence-corrected chi connectivity index (χ2v) is 5.33. The molecule has 8 nitrogen and oxygen atoms in total. The fraction of sp³-hybridized carbons (Fsp3) is 0.222. The predicted molar refractivity (Wildman–Crippen MR) is 94.4 cm³/mol. The lowest BCUT2D eigenvalue weighted by Gasteiger charge is -2.07. The average Bonchev–Trinajstić information content (AvgIpc) is 2.62. The standard InChI is InChI=1S/C18H18N2O6/c1-2-3-12-25-17(21)13-4-10-16(11-5-13)26-18(22)19-14-6-8-15(9-7-14)20(23)24/h4-11H,2-3,12H2,1H3,(H,19,22). The first-order valence-electron chi connectivity index (χ1n) is 8.00. The van der Waals surface area contributed by atoms with E-state index in [1.165, 1.54) is 48.5 Å². The summed E-state index contributed by atoms with van der Waals surface area (Å²) in [4.78, 5) is 33.7. The van der Waals surface area contributed by atoms with Gasteiger partial charge in [-0.1, -0.05) is 13.3 Å². The van der Waals surface area contributed by atoms with Crippen molar-refractivity contribution in [2.75, 3.05) is 11.9 Å². The fourth-order valence-corrected chi connectivity index (χ4v) is 1.97. The lowest BCUT2D eigenvalue weighted by molar-refractivity contribution is -0.384. The molecule has 0 saturated heterocycles. The van der Waals surface area contributed by atoms with Gasteiger partial charge in [-0.05, 0) is 42.8 Å². The van der Waals surface area contributed by atoms with Crippen LogP contribution in [-0.2, 0) is 4.74 Å². The van der Waals surface area contributed by atoms with Gasteiger partial charge in [-0.3, -0.25) is 15.4 Å². The van der Waals surface area contributed by atoms with Gasteiger partial charge in [0.15, 0.2) is 0 Å². The lowest BCUT2D eigenvalue weighted by atomic mass is 10.2. The van der Waals surface area contributed by atoms with Crippen LogP contribution in [0.2, 0.25) is 0 Å². The average molecular weight is 358 g/mol. The van der Waals surface area contributed by atoms with Crippen LogP contribution in [0.1, 0.15) is 30.1 Å². The summed E-state index contributed by atoms with van der Waals surface area (Å²) in [6.07, 6.45) is 0.983. The van der Waals surface area contributed by atoms with Crippen LogP contribution < -0.4 is 10.1 Å². The van der Waals surface area contributed by atoms with E-state index in [2.05, 4.69) is 5.32 Å². The van der Waals surface area contributed by atoms with E-state index in [1.807, 2.05) is 6.92 Å². The highest BCUT2D eigenvalue weighted by atomic mass is 16.6. The third-order valence-electron chi connectivity index (χ3n) is 3.36. The Labute approximate surface area is 149 Å². The molecule has 0 bridgehead atoms. The first-order chi connectivity index (χ1) is 12.5. The van der Waals surface area contributed by atoms with E-state index in [1.54, 1.807) is 0 Å². The lowest BCUT2D eigenvalue weighted by Crippen LogP contribution is -2.16. The molecule has 0 aromatic heterocycles. The molecule has 0 spiro atoms. The molecule has 0 unspecified atom stereocenters. The molecule has 0 heterocycles. The fourth-order valence-electron chi connectivity index (χ4n) is 1.97. The number of benzene rings is 2. The van der Waals surface area contributed by atoms with Crippen LogP contribution in [0.15, 0.2) is 48.5 Å². The number of rotatable bonds is 7. The van der Waals surface area contributed by atoms with Crippen molar-refractivity contribution < 1.29 is 24.0 Å². The summed E-state index contributed by atoms with van der Waals surface area (Å²) < 4.78 is 10.2. The minimum Gasteiger partial charge on any atom is -0.462 e. The second-order valence-electron chi connectivity index (χ2n) is 5.33. The zero-order valence-electron chi connectivity index (χ0n) is 14.1. The van der Waals surface area contributed by atoms with E-state index in [0.717, 1.165) is 12.8 Å². The molecule has 0 atom stereocenters. The van der Waals surface area contributed by atoms with Gasteiger partial charge in [0, 0.05) is 17.8 Å². The molecular formula is C18H18N2O6. The number of esters is 1. The quantitative estimate of drug-likeness (QED) is 0.344. The van der Waals surface area contributed by atoms with Gasteiger partial charge in [0.05, 0.1) is 17.1 Å². The number of unbranched alkanes of at least 4 members (excludes halogenated alkanes) is 1. The maximum atomic E-state index is 11.8. The van der Waals surface area contributed by atoms with E-state index in [4.69, 9.17) is 9.47 Å². The Balaban J connectivity index is 1.88. The minimum absolute atomic E-state index is 0.0784. The van der Waals surface area contributed by atoms with Crippen LogP contribution in [0.5, 0.6) is 5.75 Å². The number of amides is 1. The first-order valence-corrected chi connectivity index (χ1v) is 8.00. The molecule has 0 saturated carbocycles. The highest BCUT2D eigenvalue weighted by Gasteiger charge is 2.10. The van der Waals surface area contributed by atoms with Gasteiger partial charge in [0.1, 0.15) is 5.75 Å². The number of ether oxygens (including phenoxy) is 2. The number of anilines is 1. The molecule has 1 N–H and O–H groups in total. The van der Waals surface area contributed by atoms with Crippen LogP contribution in [-0.4, -0.2) is 23.6 Å². The van der Waals surface area contributed by atoms with Crippen LogP contribution in [0, 0.1) is 10.1 Å². The van der Waals surface area contributed by atoms with Gasteiger partial charge in [0.2, 0.25) is 0 Å². The summed E-state index contributed by atoms with van der Waals surface area (Å²) in [5.74, 6) is -0.185. The normalized spacial score (nSPS) is 10.0. The molecule has 0 aliphatic heterocycles. The van der Waals surface area contributed by atoms with Gasteiger partial charge in [-0.15, -0.1) is 0 Å². The zero-order valence-corrected chi connectivity index (χ0v) is 14.1. The predicted octanol–water partition coefficient (Wildman–Crippen LogP) is 4.16. The third-order valence-corrected chi connectivity index (χ3v) is 3.36. The Hall–Kier alpha value is -3.42. The molecule has 8 heteroatoms. The number of nitro groups is 1. The van der Waals surface area contributed by atoms with E-state index in [0.29, 0.717) is 17.9 Å². The Morgan fingerprint density at radius 3 is 2.31 bits per heavy atom. The van der Waals surface area contributed by atoms with E-state index in [9.17, 15) is 19.7 Å². The number of hydrogen-bond acceptors (Lipinski definition) is 6. The van der Waals surface area contributed by atoms with Crippen molar-refractivity contribution in [3.05, 3.63) is 64.2 Å². The second kappa shape index (κ2) is 9.16. The van der Waals surface area contributed by atoms with Crippen LogP contribution in [0.3, 0.4) is 0 Å². The molecule has 0 aliphatic carbocycles. The van der Waals surface area contributed by atoms with Crippen molar-refractivity contribution in [1.29, 1.82) is 0 Å². The van der Waals surface area contributed by atoms with Gasteiger partial charge >= 0.3 is 12.1 Å². The first kappa shape index (κ1) is 18.9. The number of carbonyl (C=O) groups excluding carboxylic acids is 2. The molecule has 26 heavy (non-hydrogen) atoms. The minimum atomic E-state index is -0.753. The summed E-state index contributed by atoms with van der Waals surface area (Å²) >= 11 is 0. The van der Waals surface area contributed by atoms with Crippen molar-refractivity contribution in [1.82, 2.24) is 0 Å². The molecule has 0 aliphatic rings. The highest BCUT2D eigenvalue weighted by Crippen LogP contribution is 2.17. The Morgan fingerprint density at radius 2 is 1.73 bits per heavy atom. The number of non-ortho nitro benzene ring substituents is 1. The van der Waals surface area contributed by atoms with Crippen molar-refractivity contribution in [3.8, 4) is 5.75 Å². The zero-order chi connectivity index (χ0) is 18.9. The monoisotopic (exact) mass is 358 g/mol. The van der Waals surface area contributed by atoms with Gasteiger partial charge in [-0.25, -0.2) is 9.59 Å². The molecule has 1 amide bonds. The molecule has 0 radical (unpaired) electrons. The van der Waals surface area contributed by atoms with Gasteiger partial charge in [-0.2, -0.15) is 0 Å². The number of hydrogen-bond donors (Lipinski definition) is 1. The summed E-state index contributed by atoms with van der Waals surface area (Å²) in [6.45, 7) is 2.37. The third kappa shape index (κ3) is 5.59. The highest BCUT2D eigenvalue weighted by molar-refractivity contribution is 5.90. The molecule has 2 rings (SSSR count). The molecule has 2 aromatic carbocycles. The van der Waals surface area contributed by atoms with Gasteiger partial charge < -0.3 is 9.47 Å². The number of nitrogens with one attached hydrogen (secondary N) is 1. The van der Waals surface area contributed by atoms with Crippen LogP contribution >= 0.6 is 0 Å². The number of nitro benzene ring substituents is 1. The van der Waals surface area contributed by atoms with E-state index >= 15 is 0 Å². The summed E-state index contributed by atoms with van der Waals surface area (Å²) in [7, 11) is 0. The van der Waals surface area contributed by atoms with Crippen molar-refractivity contribution in [2.45, 2.75) is 19.8 Å². The maximum absolute atomic E-state index is 11.8. The van der Waals surface area contributed by atoms with E-state index < -0.39 is 17.0 Å². The van der Waals surface area contributed by atoms with Crippen LogP contribution in [0.25, 0.3) is 0 Å². The summed E-state index contributed by atoms with van der Waals surface area (Å²) in [5, 5.41) is 13.0. The van der Waals surface area contributed by atoms with E-state index in [-0.39, 0.29) is 11.4 Å². The summed E-state index contributed by atoms with van der Waals surface area (Å²) in [5.41, 5.74) is 0.645. The smallest absolute Gasteiger partial charge is 0.417 e. The topological polar surface area (TPSA) is 108 Å². The Kier molecular flexibility index (Phi) is 6.67. The molecule has 136 valence electrons. The molecule has 2 aromatic rings. The van der Waals surface area contributed by atoms with Crippen molar-refractivity contribution in [2.24, 2.45) is 0 Å². The Morgan fingerprint density at radius 1 is 1.08 bits per heavy atom. The van der Waals surface area contributed by atoms with Gasteiger partial charge in [0.25, 0.3) is 5.69 Å². The van der Waals surface area contributed by atoms with Crippen molar-refractivity contribution in [3.63, 3.8) is 0 Å². The number of nitrogens with zero attached hydrogens (tertiary/aromatic N) is 1. The number of carbonyl (C=O) groups is 2. The van der Waals surface area contributed by atoms with Crippen LogP contribution in [0.4, 0.5) is 16.2 Å². The molecular weight excluding hydrogens is 340 g/mol. The maximum Gasteiger partial charge on any atom is 0.417 e.